The second-order valence-corrected chi connectivity index (χ2v) is 7.12. The minimum atomic E-state index is -0.321. The van der Waals surface area contributed by atoms with Crippen LogP contribution in [0.4, 0.5) is 15.8 Å². The Labute approximate surface area is 170 Å². The SMILES string of the molecule is CCN1CCN(c2ccc(Cl)cc2NC(=O)CCOc2ccc(F)cc2)CC1. The maximum atomic E-state index is 12.9. The van der Waals surface area contributed by atoms with E-state index < -0.39 is 0 Å². The second kappa shape index (κ2) is 9.75. The topological polar surface area (TPSA) is 44.8 Å². The number of nitrogens with zero attached hydrogens (tertiary/aromatic N) is 2. The largest absolute Gasteiger partial charge is 0.493 e. The normalized spacial score (nSPS) is 14.8. The molecule has 1 fully saturated rings. The average molecular weight is 406 g/mol. The molecule has 150 valence electrons. The highest BCUT2D eigenvalue weighted by molar-refractivity contribution is 6.31. The number of rotatable bonds is 7. The first kappa shape index (κ1) is 20.4. The average Bonchev–Trinajstić information content (AvgIpc) is 2.70. The summed E-state index contributed by atoms with van der Waals surface area (Å²) in [7, 11) is 0. The number of ether oxygens (including phenoxy) is 1. The molecule has 0 aliphatic carbocycles. The third-order valence-electron chi connectivity index (χ3n) is 4.80. The Hall–Kier alpha value is -2.31. The highest BCUT2D eigenvalue weighted by Gasteiger charge is 2.19. The molecule has 1 amide bonds. The Kier molecular flexibility index (Phi) is 7.12. The predicted molar refractivity (Wildman–Crippen MR) is 111 cm³/mol. The number of carbonyl (C=O) groups excluding carboxylic acids is 1. The molecular formula is C21H25ClFN3O2. The van der Waals surface area contributed by atoms with Crippen molar-refractivity contribution >= 4 is 28.9 Å². The third kappa shape index (κ3) is 5.59. The summed E-state index contributed by atoms with van der Waals surface area (Å²) in [5, 5.41) is 3.53. The maximum Gasteiger partial charge on any atom is 0.227 e. The molecule has 1 aliphatic heterocycles. The van der Waals surface area contributed by atoms with E-state index in [-0.39, 0.29) is 24.8 Å². The van der Waals surface area contributed by atoms with E-state index in [2.05, 4.69) is 22.0 Å². The summed E-state index contributed by atoms with van der Waals surface area (Å²) < 4.78 is 18.4. The van der Waals surface area contributed by atoms with Gasteiger partial charge in [0.15, 0.2) is 0 Å². The van der Waals surface area contributed by atoms with Crippen molar-refractivity contribution < 1.29 is 13.9 Å². The first-order chi connectivity index (χ1) is 13.5. The molecule has 0 atom stereocenters. The van der Waals surface area contributed by atoms with Crippen LogP contribution in [0, 0.1) is 5.82 Å². The number of nitrogens with one attached hydrogen (secondary N) is 1. The van der Waals surface area contributed by atoms with Crippen molar-refractivity contribution in [1.29, 1.82) is 0 Å². The van der Waals surface area contributed by atoms with Crippen LogP contribution in [-0.4, -0.2) is 50.1 Å². The van der Waals surface area contributed by atoms with E-state index in [0.717, 1.165) is 38.4 Å². The summed E-state index contributed by atoms with van der Waals surface area (Å²) in [4.78, 5) is 17.1. The van der Waals surface area contributed by atoms with Gasteiger partial charge in [-0.1, -0.05) is 18.5 Å². The zero-order chi connectivity index (χ0) is 19.9. The van der Waals surface area contributed by atoms with E-state index in [4.69, 9.17) is 16.3 Å². The molecule has 0 unspecified atom stereocenters. The fourth-order valence-corrected chi connectivity index (χ4v) is 3.37. The molecule has 1 N–H and O–H groups in total. The molecule has 0 bridgehead atoms. The summed E-state index contributed by atoms with van der Waals surface area (Å²) in [6.45, 7) is 7.24. The molecule has 0 saturated carbocycles. The highest BCUT2D eigenvalue weighted by atomic mass is 35.5. The number of carbonyl (C=O) groups is 1. The minimum absolute atomic E-state index is 0.155. The number of piperazine rings is 1. The fraction of sp³-hybridized carbons (Fsp3) is 0.381. The van der Waals surface area contributed by atoms with Gasteiger partial charge in [-0.2, -0.15) is 0 Å². The fourth-order valence-electron chi connectivity index (χ4n) is 3.19. The second-order valence-electron chi connectivity index (χ2n) is 6.68. The first-order valence-electron chi connectivity index (χ1n) is 9.50. The summed E-state index contributed by atoms with van der Waals surface area (Å²) in [5.74, 6) is 0.0580. The molecule has 7 heteroatoms. The van der Waals surface area contributed by atoms with Crippen LogP contribution in [0.25, 0.3) is 0 Å². The van der Waals surface area contributed by atoms with Crippen molar-refractivity contribution in [3.8, 4) is 5.75 Å². The van der Waals surface area contributed by atoms with E-state index in [1.165, 1.54) is 24.3 Å². The van der Waals surface area contributed by atoms with Crippen molar-refractivity contribution in [1.82, 2.24) is 4.90 Å². The van der Waals surface area contributed by atoms with Crippen LogP contribution in [0.1, 0.15) is 13.3 Å². The van der Waals surface area contributed by atoms with Crippen LogP contribution < -0.4 is 15.0 Å². The minimum Gasteiger partial charge on any atom is -0.493 e. The molecule has 0 aromatic heterocycles. The molecule has 0 radical (unpaired) electrons. The molecule has 0 spiro atoms. The Morgan fingerprint density at radius 3 is 2.54 bits per heavy atom. The lowest BCUT2D eigenvalue weighted by atomic mass is 10.2. The van der Waals surface area contributed by atoms with E-state index >= 15 is 0 Å². The molecule has 28 heavy (non-hydrogen) atoms. The van der Waals surface area contributed by atoms with Gasteiger partial charge in [0, 0.05) is 31.2 Å². The van der Waals surface area contributed by atoms with Gasteiger partial charge in [-0.25, -0.2) is 4.39 Å². The Morgan fingerprint density at radius 2 is 1.86 bits per heavy atom. The zero-order valence-corrected chi connectivity index (χ0v) is 16.7. The van der Waals surface area contributed by atoms with E-state index in [0.29, 0.717) is 16.5 Å². The molecule has 1 heterocycles. The lowest BCUT2D eigenvalue weighted by Gasteiger charge is -2.36. The Morgan fingerprint density at radius 1 is 1.14 bits per heavy atom. The molecule has 2 aromatic rings. The van der Waals surface area contributed by atoms with E-state index in [9.17, 15) is 9.18 Å². The van der Waals surface area contributed by atoms with Crippen molar-refractivity contribution in [2.75, 3.05) is 49.5 Å². The maximum absolute atomic E-state index is 12.9. The van der Waals surface area contributed by atoms with E-state index in [1.54, 1.807) is 6.07 Å². The Balaban J connectivity index is 1.57. The first-order valence-corrected chi connectivity index (χ1v) is 9.88. The number of anilines is 2. The van der Waals surface area contributed by atoms with Gasteiger partial charge in [-0.15, -0.1) is 0 Å². The smallest absolute Gasteiger partial charge is 0.227 e. The van der Waals surface area contributed by atoms with Gasteiger partial charge >= 0.3 is 0 Å². The van der Waals surface area contributed by atoms with Gasteiger partial charge in [0.2, 0.25) is 5.91 Å². The van der Waals surface area contributed by atoms with Gasteiger partial charge < -0.3 is 19.9 Å². The van der Waals surface area contributed by atoms with Crippen LogP contribution in [-0.2, 0) is 4.79 Å². The van der Waals surface area contributed by atoms with Crippen LogP contribution >= 0.6 is 11.6 Å². The number of hydrogen-bond donors (Lipinski definition) is 1. The number of likely N-dealkylation sites (N-methyl/N-ethyl adjacent to an activating group) is 1. The highest BCUT2D eigenvalue weighted by Crippen LogP contribution is 2.30. The molecule has 5 nitrogen and oxygen atoms in total. The summed E-state index contributed by atoms with van der Waals surface area (Å²) in [5.41, 5.74) is 1.69. The molecule has 2 aromatic carbocycles. The lowest BCUT2D eigenvalue weighted by molar-refractivity contribution is -0.116. The van der Waals surface area contributed by atoms with Crippen molar-refractivity contribution in [3.63, 3.8) is 0 Å². The molecular weight excluding hydrogens is 381 g/mol. The monoisotopic (exact) mass is 405 g/mol. The van der Waals surface area contributed by atoms with Gasteiger partial charge in [-0.3, -0.25) is 4.79 Å². The Bertz CT molecular complexity index is 793. The quantitative estimate of drug-likeness (QED) is 0.755. The van der Waals surface area contributed by atoms with Crippen molar-refractivity contribution in [2.24, 2.45) is 0 Å². The lowest BCUT2D eigenvalue weighted by Crippen LogP contribution is -2.46. The van der Waals surface area contributed by atoms with Crippen LogP contribution in [0.2, 0.25) is 5.02 Å². The molecule has 3 rings (SSSR count). The van der Waals surface area contributed by atoms with Crippen molar-refractivity contribution in [3.05, 3.63) is 53.3 Å². The number of benzene rings is 2. The van der Waals surface area contributed by atoms with Crippen molar-refractivity contribution in [2.45, 2.75) is 13.3 Å². The summed E-state index contributed by atoms with van der Waals surface area (Å²) in [6.07, 6.45) is 0.187. The number of halogens is 2. The zero-order valence-electron chi connectivity index (χ0n) is 16.0. The molecule has 1 aliphatic rings. The van der Waals surface area contributed by atoms with Crippen LogP contribution in [0.15, 0.2) is 42.5 Å². The standard InChI is InChI=1S/C21H25ClFN3O2/c1-2-25-10-12-26(13-11-25)20-8-3-16(22)15-19(20)24-21(27)9-14-28-18-6-4-17(23)5-7-18/h3-8,15H,2,9-14H2,1H3,(H,24,27). The van der Waals surface area contributed by atoms with Gasteiger partial charge in [0.25, 0.3) is 0 Å². The third-order valence-corrected chi connectivity index (χ3v) is 5.04. The van der Waals surface area contributed by atoms with Gasteiger partial charge in [0.05, 0.1) is 24.4 Å². The number of amides is 1. The van der Waals surface area contributed by atoms with Crippen LogP contribution in [0.3, 0.4) is 0 Å². The number of hydrogen-bond acceptors (Lipinski definition) is 4. The van der Waals surface area contributed by atoms with Crippen LogP contribution in [0.5, 0.6) is 5.75 Å². The summed E-state index contributed by atoms with van der Waals surface area (Å²) in [6, 6.07) is 11.3. The molecule has 1 saturated heterocycles. The predicted octanol–water partition coefficient (Wildman–Crippen LogP) is 4.03. The summed E-state index contributed by atoms with van der Waals surface area (Å²) >= 11 is 6.15. The van der Waals surface area contributed by atoms with Gasteiger partial charge in [0.1, 0.15) is 11.6 Å². The van der Waals surface area contributed by atoms with E-state index in [1.807, 2.05) is 12.1 Å². The van der Waals surface area contributed by atoms with Gasteiger partial charge in [-0.05, 0) is 49.0 Å².